The van der Waals surface area contributed by atoms with Crippen molar-refractivity contribution < 1.29 is 9.59 Å². The normalized spacial score (nSPS) is 9.91. The van der Waals surface area contributed by atoms with Crippen molar-refractivity contribution in [2.24, 2.45) is 0 Å². The standard InChI is InChI=1S/C16H16N4O2S/c1-2-20(9-7-14-18-8-10-23-14)16(22)15(21)19-13-5-3-12(11-17)4-6-13/h3-6,8,10H,2,7,9H2,1H3,(H,19,21). The van der Waals surface area contributed by atoms with Crippen LogP contribution in [0.25, 0.3) is 0 Å². The van der Waals surface area contributed by atoms with Crippen LogP contribution in [0, 0.1) is 11.3 Å². The van der Waals surface area contributed by atoms with E-state index in [0.717, 1.165) is 5.01 Å². The van der Waals surface area contributed by atoms with Crippen LogP contribution in [-0.2, 0) is 16.0 Å². The maximum atomic E-state index is 12.2. The molecule has 0 aliphatic rings. The second-order valence-electron chi connectivity index (χ2n) is 4.70. The highest BCUT2D eigenvalue weighted by molar-refractivity contribution is 7.09. The van der Waals surface area contributed by atoms with Crippen molar-refractivity contribution in [3.63, 3.8) is 0 Å². The van der Waals surface area contributed by atoms with Crippen molar-refractivity contribution in [1.29, 1.82) is 5.26 Å². The van der Waals surface area contributed by atoms with Crippen LogP contribution in [0.4, 0.5) is 5.69 Å². The molecule has 0 aliphatic heterocycles. The van der Waals surface area contributed by atoms with Crippen LogP contribution in [0.2, 0.25) is 0 Å². The number of thiazole rings is 1. The molecule has 2 aromatic rings. The van der Waals surface area contributed by atoms with Crippen LogP contribution in [0.1, 0.15) is 17.5 Å². The van der Waals surface area contributed by atoms with Gasteiger partial charge in [-0.05, 0) is 31.2 Å². The number of nitriles is 1. The number of aromatic nitrogens is 1. The largest absolute Gasteiger partial charge is 0.334 e. The molecule has 1 aromatic carbocycles. The number of nitrogens with zero attached hydrogens (tertiary/aromatic N) is 3. The van der Waals surface area contributed by atoms with Gasteiger partial charge in [0.1, 0.15) is 0 Å². The average molecular weight is 328 g/mol. The van der Waals surface area contributed by atoms with Crippen LogP contribution < -0.4 is 5.32 Å². The topological polar surface area (TPSA) is 86.1 Å². The van der Waals surface area contributed by atoms with E-state index in [1.54, 1.807) is 30.5 Å². The van der Waals surface area contributed by atoms with Crippen molar-refractivity contribution in [2.45, 2.75) is 13.3 Å². The van der Waals surface area contributed by atoms with Gasteiger partial charge in [-0.15, -0.1) is 11.3 Å². The molecule has 7 heteroatoms. The molecule has 118 valence electrons. The number of rotatable bonds is 5. The van der Waals surface area contributed by atoms with E-state index in [0.29, 0.717) is 30.8 Å². The fourth-order valence-electron chi connectivity index (χ4n) is 1.97. The summed E-state index contributed by atoms with van der Waals surface area (Å²) in [6.07, 6.45) is 2.34. The van der Waals surface area contributed by atoms with Gasteiger partial charge < -0.3 is 10.2 Å². The Hall–Kier alpha value is -2.72. The highest BCUT2D eigenvalue weighted by Gasteiger charge is 2.20. The van der Waals surface area contributed by atoms with Crippen LogP contribution in [-0.4, -0.2) is 34.8 Å². The molecule has 0 saturated carbocycles. The van der Waals surface area contributed by atoms with Crippen molar-refractivity contribution >= 4 is 28.8 Å². The van der Waals surface area contributed by atoms with E-state index in [4.69, 9.17) is 5.26 Å². The fraction of sp³-hybridized carbons (Fsp3) is 0.250. The van der Waals surface area contributed by atoms with Gasteiger partial charge in [0.25, 0.3) is 0 Å². The molecule has 23 heavy (non-hydrogen) atoms. The molecule has 6 nitrogen and oxygen atoms in total. The number of hydrogen-bond acceptors (Lipinski definition) is 5. The van der Waals surface area contributed by atoms with Gasteiger partial charge in [0.2, 0.25) is 0 Å². The molecule has 1 N–H and O–H groups in total. The Morgan fingerprint density at radius 1 is 1.35 bits per heavy atom. The zero-order valence-corrected chi connectivity index (χ0v) is 13.5. The Morgan fingerprint density at radius 2 is 2.09 bits per heavy atom. The Bertz CT molecular complexity index is 705. The van der Waals surface area contributed by atoms with Crippen molar-refractivity contribution in [1.82, 2.24) is 9.88 Å². The minimum Gasteiger partial charge on any atom is -0.334 e. The summed E-state index contributed by atoms with van der Waals surface area (Å²) in [6, 6.07) is 8.35. The first kappa shape index (κ1) is 16.6. The Labute approximate surface area is 138 Å². The van der Waals surface area contributed by atoms with E-state index < -0.39 is 11.8 Å². The van der Waals surface area contributed by atoms with E-state index >= 15 is 0 Å². The zero-order valence-electron chi connectivity index (χ0n) is 12.7. The second-order valence-corrected chi connectivity index (χ2v) is 5.68. The first-order valence-corrected chi connectivity index (χ1v) is 8.00. The van der Waals surface area contributed by atoms with Gasteiger partial charge in [0.05, 0.1) is 16.6 Å². The maximum absolute atomic E-state index is 12.2. The summed E-state index contributed by atoms with van der Waals surface area (Å²) in [5.41, 5.74) is 0.978. The van der Waals surface area contributed by atoms with Gasteiger partial charge in [-0.25, -0.2) is 4.98 Å². The minimum atomic E-state index is -0.685. The maximum Gasteiger partial charge on any atom is 0.313 e. The third-order valence-corrected chi connectivity index (χ3v) is 4.05. The second kappa shape index (κ2) is 8.06. The molecule has 2 rings (SSSR count). The molecule has 0 radical (unpaired) electrons. The van der Waals surface area contributed by atoms with Crippen molar-refractivity contribution in [3.8, 4) is 6.07 Å². The van der Waals surface area contributed by atoms with Crippen molar-refractivity contribution in [3.05, 3.63) is 46.4 Å². The first-order chi connectivity index (χ1) is 11.1. The smallest absolute Gasteiger partial charge is 0.313 e. The summed E-state index contributed by atoms with van der Waals surface area (Å²) >= 11 is 1.53. The van der Waals surface area contributed by atoms with E-state index in [1.165, 1.54) is 16.2 Å². The number of anilines is 1. The molecule has 0 spiro atoms. The lowest BCUT2D eigenvalue weighted by molar-refractivity contribution is -0.143. The predicted molar refractivity (Wildman–Crippen MR) is 87.9 cm³/mol. The summed E-state index contributed by atoms with van der Waals surface area (Å²) in [6.45, 7) is 2.73. The minimum absolute atomic E-state index is 0.448. The molecule has 2 amide bonds. The van der Waals surface area contributed by atoms with Gasteiger partial charge in [-0.2, -0.15) is 5.26 Å². The lowest BCUT2D eigenvalue weighted by Crippen LogP contribution is -2.40. The van der Waals surface area contributed by atoms with E-state index in [2.05, 4.69) is 10.3 Å². The predicted octanol–water partition coefficient (Wildman–Crippen LogP) is 2.04. The molecule has 0 aliphatic carbocycles. The van der Waals surface area contributed by atoms with Crippen molar-refractivity contribution in [2.75, 3.05) is 18.4 Å². The van der Waals surface area contributed by atoms with Gasteiger partial charge in [0.15, 0.2) is 0 Å². The van der Waals surface area contributed by atoms with Gasteiger partial charge in [-0.3, -0.25) is 9.59 Å². The highest BCUT2D eigenvalue weighted by atomic mass is 32.1. The quantitative estimate of drug-likeness (QED) is 0.851. The number of carbonyl (C=O) groups is 2. The molecule has 0 fully saturated rings. The number of benzene rings is 1. The molecule has 0 saturated heterocycles. The van der Waals surface area contributed by atoms with Crippen LogP contribution >= 0.6 is 11.3 Å². The molecule has 0 atom stereocenters. The van der Waals surface area contributed by atoms with Gasteiger partial charge in [0, 0.05) is 36.8 Å². The zero-order chi connectivity index (χ0) is 16.7. The number of hydrogen-bond donors (Lipinski definition) is 1. The number of carbonyl (C=O) groups excluding carboxylic acids is 2. The lowest BCUT2D eigenvalue weighted by Gasteiger charge is -2.19. The molecule has 1 heterocycles. The van der Waals surface area contributed by atoms with E-state index in [-0.39, 0.29) is 0 Å². The summed E-state index contributed by atoms with van der Waals surface area (Å²) in [4.78, 5) is 29.9. The summed E-state index contributed by atoms with van der Waals surface area (Å²) in [5.74, 6) is -1.26. The SMILES string of the molecule is CCN(CCc1nccs1)C(=O)C(=O)Nc1ccc(C#N)cc1. The third kappa shape index (κ3) is 4.63. The van der Waals surface area contributed by atoms with Crippen LogP contribution in [0.15, 0.2) is 35.8 Å². The molecular weight excluding hydrogens is 312 g/mol. The average Bonchev–Trinajstić information content (AvgIpc) is 3.09. The monoisotopic (exact) mass is 328 g/mol. The summed E-state index contributed by atoms with van der Waals surface area (Å²) in [7, 11) is 0. The first-order valence-electron chi connectivity index (χ1n) is 7.12. The summed E-state index contributed by atoms with van der Waals surface area (Å²) < 4.78 is 0. The molecule has 1 aromatic heterocycles. The van der Waals surface area contributed by atoms with Crippen LogP contribution in [0.5, 0.6) is 0 Å². The number of amides is 2. The molecule has 0 unspecified atom stereocenters. The van der Waals surface area contributed by atoms with E-state index in [9.17, 15) is 9.59 Å². The van der Waals surface area contributed by atoms with Gasteiger partial charge >= 0.3 is 11.8 Å². The number of nitrogens with one attached hydrogen (secondary N) is 1. The Balaban J connectivity index is 1.93. The Kier molecular flexibility index (Phi) is 5.83. The third-order valence-electron chi connectivity index (χ3n) is 3.21. The number of likely N-dealkylation sites (N-methyl/N-ethyl adjacent to an activating group) is 1. The molecular formula is C16H16N4O2S. The lowest BCUT2D eigenvalue weighted by atomic mass is 10.2. The highest BCUT2D eigenvalue weighted by Crippen LogP contribution is 2.10. The van der Waals surface area contributed by atoms with Gasteiger partial charge in [-0.1, -0.05) is 0 Å². The Morgan fingerprint density at radius 3 is 2.65 bits per heavy atom. The molecule has 0 bridgehead atoms. The fourth-order valence-corrected chi connectivity index (χ4v) is 2.58. The van der Waals surface area contributed by atoms with Crippen LogP contribution in [0.3, 0.4) is 0 Å². The van der Waals surface area contributed by atoms with E-state index in [1.807, 2.05) is 18.4 Å². The summed E-state index contributed by atoms with van der Waals surface area (Å²) in [5, 5.41) is 14.1.